The summed E-state index contributed by atoms with van der Waals surface area (Å²) in [7, 11) is 0. The Hall–Kier alpha value is -3.51. The number of pyridine rings is 3. The minimum Gasteiger partial charge on any atom is -0.340 e. The van der Waals surface area contributed by atoms with Gasteiger partial charge >= 0.3 is 0 Å². The topological polar surface area (TPSA) is 82.7 Å². The molecule has 3 aromatic heterocycles. The van der Waals surface area contributed by atoms with E-state index in [0.717, 1.165) is 46.5 Å². The maximum Gasteiger partial charge on any atom is 0.259 e. The van der Waals surface area contributed by atoms with Gasteiger partial charge in [-0.15, -0.1) is 0 Å². The highest BCUT2D eigenvalue weighted by Crippen LogP contribution is 2.31. The van der Waals surface area contributed by atoms with E-state index in [1.54, 1.807) is 6.20 Å². The van der Waals surface area contributed by atoms with E-state index < -0.39 is 0 Å². The zero-order chi connectivity index (χ0) is 22.1. The molecule has 0 bridgehead atoms. The van der Waals surface area contributed by atoms with Crippen LogP contribution in [0.2, 0.25) is 0 Å². The van der Waals surface area contributed by atoms with E-state index in [2.05, 4.69) is 51.8 Å². The highest BCUT2D eigenvalue weighted by molar-refractivity contribution is 5.95. The summed E-state index contributed by atoms with van der Waals surface area (Å²) in [6, 6.07) is 12.4. The molecule has 1 aromatic carbocycles. The van der Waals surface area contributed by atoms with Gasteiger partial charge in [-0.3, -0.25) is 9.78 Å². The van der Waals surface area contributed by atoms with Crippen molar-refractivity contribution in [2.45, 2.75) is 32.6 Å². The van der Waals surface area contributed by atoms with Gasteiger partial charge in [-0.2, -0.15) is 0 Å². The SMILES string of the molecule is Cc1cncc(-c2cc3cc[nH]c(=O)c3c(Nc3ccc(C4CCNCC4)cc3)n2)c1C. The standard InChI is InChI=1S/C26H27N5O/c1-16-14-28-15-22(17(16)2)23-13-20-9-12-29-26(32)24(20)25(31-23)30-21-5-3-18(4-6-21)19-7-10-27-11-8-19/h3-6,9,12-15,19,27H,7-8,10-11H2,1-2H3,(H,29,32)(H,30,31). The van der Waals surface area contributed by atoms with Gasteiger partial charge in [-0.1, -0.05) is 12.1 Å². The molecule has 1 aliphatic rings. The molecule has 0 spiro atoms. The van der Waals surface area contributed by atoms with Crippen LogP contribution in [0.15, 0.2) is 59.8 Å². The molecular weight excluding hydrogens is 398 g/mol. The fourth-order valence-electron chi connectivity index (χ4n) is 4.46. The van der Waals surface area contributed by atoms with Gasteiger partial charge in [0.05, 0.1) is 11.1 Å². The number of nitrogens with one attached hydrogen (secondary N) is 3. The predicted molar refractivity (Wildman–Crippen MR) is 130 cm³/mol. The summed E-state index contributed by atoms with van der Waals surface area (Å²) in [6.45, 7) is 6.26. The van der Waals surface area contributed by atoms with Crippen molar-refractivity contribution in [3.63, 3.8) is 0 Å². The summed E-state index contributed by atoms with van der Waals surface area (Å²) in [5.74, 6) is 1.15. The van der Waals surface area contributed by atoms with Gasteiger partial charge in [0.1, 0.15) is 5.82 Å². The summed E-state index contributed by atoms with van der Waals surface area (Å²) in [5, 5.41) is 8.21. The highest BCUT2D eigenvalue weighted by Gasteiger charge is 2.16. The van der Waals surface area contributed by atoms with Crippen molar-refractivity contribution in [2.24, 2.45) is 0 Å². The van der Waals surface area contributed by atoms with Crippen molar-refractivity contribution in [1.29, 1.82) is 0 Å². The van der Waals surface area contributed by atoms with Crippen LogP contribution < -0.4 is 16.2 Å². The molecule has 32 heavy (non-hydrogen) atoms. The van der Waals surface area contributed by atoms with E-state index in [1.807, 2.05) is 31.5 Å². The minimum absolute atomic E-state index is 0.158. The van der Waals surface area contributed by atoms with Crippen molar-refractivity contribution in [2.75, 3.05) is 18.4 Å². The second kappa shape index (κ2) is 8.55. The lowest BCUT2D eigenvalue weighted by atomic mass is 9.90. The second-order valence-electron chi connectivity index (χ2n) is 8.53. The van der Waals surface area contributed by atoms with Crippen LogP contribution in [0.1, 0.15) is 35.4 Å². The van der Waals surface area contributed by atoms with Crippen LogP contribution in [0.4, 0.5) is 11.5 Å². The number of H-pyrrole nitrogens is 1. The second-order valence-corrected chi connectivity index (χ2v) is 8.53. The van der Waals surface area contributed by atoms with Crippen LogP contribution in [0.5, 0.6) is 0 Å². The number of hydrogen-bond acceptors (Lipinski definition) is 5. The molecule has 0 saturated carbocycles. The van der Waals surface area contributed by atoms with Crippen LogP contribution in [-0.2, 0) is 0 Å². The molecule has 0 unspecified atom stereocenters. The average molecular weight is 426 g/mol. The van der Waals surface area contributed by atoms with Crippen LogP contribution in [0.25, 0.3) is 22.0 Å². The fourth-order valence-corrected chi connectivity index (χ4v) is 4.46. The molecule has 3 N–H and O–H groups in total. The number of aromatic amines is 1. The van der Waals surface area contributed by atoms with Crippen molar-refractivity contribution >= 4 is 22.3 Å². The minimum atomic E-state index is -0.158. The summed E-state index contributed by atoms with van der Waals surface area (Å²) in [6.07, 6.45) is 7.70. The first-order valence-corrected chi connectivity index (χ1v) is 11.1. The van der Waals surface area contributed by atoms with E-state index in [4.69, 9.17) is 4.98 Å². The number of aromatic nitrogens is 3. The molecule has 6 heteroatoms. The maximum atomic E-state index is 12.7. The Morgan fingerprint density at radius 1 is 1.03 bits per heavy atom. The lowest BCUT2D eigenvalue weighted by molar-refractivity contribution is 0.460. The zero-order valence-electron chi connectivity index (χ0n) is 18.4. The summed E-state index contributed by atoms with van der Waals surface area (Å²) < 4.78 is 0. The van der Waals surface area contributed by atoms with Crippen LogP contribution >= 0.6 is 0 Å². The third kappa shape index (κ3) is 3.89. The number of aryl methyl sites for hydroxylation is 1. The maximum absolute atomic E-state index is 12.7. The quantitative estimate of drug-likeness (QED) is 0.437. The number of piperidine rings is 1. The van der Waals surface area contributed by atoms with Crippen LogP contribution in [0, 0.1) is 13.8 Å². The molecule has 5 rings (SSSR count). The smallest absolute Gasteiger partial charge is 0.259 e. The fraction of sp³-hybridized carbons (Fsp3) is 0.269. The first-order valence-electron chi connectivity index (χ1n) is 11.1. The molecular formula is C26H27N5O. The molecule has 6 nitrogen and oxygen atoms in total. The molecule has 1 aliphatic heterocycles. The first kappa shape index (κ1) is 20.4. The number of nitrogens with zero attached hydrogens (tertiary/aromatic N) is 2. The van der Waals surface area contributed by atoms with E-state index >= 15 is 0 Å². The van der Waals surface area contributed by atoms with Crippen LogP contribution in [0.3, 0.4) is 0 Å². The lowest BCUT2D eigenvalue weighted by Crippen LogP contribution is -2.26. The van der Waals surface area contributed by atoms with Gasteiger partial charge in [-0.25, -0.2) is 4.98 Å². The Morgan fingerprint density at radius 3 is 2.59 bits per heavy atom. The number of fused-ring (bicyclic) bond motifs is 1. The zero-order valence-corrected chi connectivity index (χ0v) is 18.4. The average Bonchev–Trinajstić information content (AvgIpc) is 2.82. The predicted octanol–water partition coefficient (Wildman–Crippen LogP) is 4.81. The molecule has 4 heterocycles. The van der Waals surface area contributed by atoms with Gasteiger partial charge < -0.3 is 15.6 Å². The molecule has 1 fully saturated rings. The molecule has 162 valence electrons. The Kier molecular flexibility index (Phi) is 5.45. The van der Waals surface area contributed by atoms with Gasteiger partial charge in [0, 0.05) is 29.8 Å². The molecule has 0 atom stereocenters. The third-order valence-corrected chi connectivity index (χ3v) is 6.48. The lowest BCUT2D eigenvalue weighted by Gasteiger charge is -2.23. The summed E-state index contributed by atoms with van der Waals surface area (Å²) in [5.41, 5.74) is 6.13. The first-order chi connectivity index (χ1) is 15.6. The molecule has 0 amide bonds. The van der Waals surface area contributed by atoms with Crippen molar-refractivity contribution < 1.29 is 0 Å². The van der Waals surface area contributed by atoms with Gasteiger partial charge in [0.2, 0.25) is 0 Å². The Morgan fingerprint density at radius 2 is 1.81 bits per heavy atom. The van der Waals surface area contributed by atoms with Gasteiger partial charge in [-0.05, 0) is 92.0 Å². The number of benzene rings is 1. The molecule has 0 radical (unpaired) electrons. The van der Waals surface area contributed by atoms with E-state index in [1.165, 1.54) is 18.4 Å². The van der Waals surface area contributed by atoms with E-state index in [9.17, 15) is 4.79 Å². The van der Waals surface area contributed by atoms with Crippen molar-refractivity contribution in [3.8, 4) is 11.3 Å². The number of rotatable bonds is 4. The normalized spacial score (nSPS) is 14.6. The summed E-state index contributed by atoms with van der Waals surface area (Å²) >= 11 is 0. The monoisotopic (exact) mass is 425 g/mol. The van der Waals surface area contributed by atoms with Gasteiger partial charge in [0.25, 0.3) is 5.56 Å². The number of anilines is 2. The molecule has 4 aromatic rings. The molecule has 0 aliphatic carbocycles. The largest absolute Gasteiger partial charge is 0.340 e. The number of hydrogen-bond donors (Lipinski definition) is 3. The van der Waals surface area contributed by atoms with Crippen LogP contribution in [-0.4, -0.2) is 28.0 Å². The molecule has 1 saturated heterocycles. The van der Waals surface area contributed by atoms with Crippen molar-refractivity contribution in [1.82, 2.24) is 20.3 Å². The third-order valence-electron chi connectivity index (χ3n) is 6.48. The highest BCUT2D eigenvalue weighted by atomic mass is 16.1. The van der Waals surface area contributed by atoms with Gasteiger partial charge in [0.15, 0.2) is 0 Å². The van der Waals surface area contributed by atoms with E-state index in [-0.39, 0.29) is 5.56 Å². The Bertz CT molecular complexity index is 1320. The Labute approximate surface area is 187 Å². The van der Waals surface area contributed by atoms with E-state index in [0.29, 0.717) is 17.1 Å². The summed E-state index contributed by atoms with van der Waals surface area (Å²) in [4.78, 5) is 24.7. The van der Waals surface area contributed by atoms with Crippen molar-refractivity contribution in [3.05, 3.63) is 82.0 Å². The Balaban J connectivity index is 1.55.